The highest BCUT2D eigenvalue weighted by Crippen LogP contribution is 1.88. The van der Waals surface area contributed by atoms with Gasteiger partial charge in [-0.1, -0.05) is 0 Å². The lowest BCUT2D eigenvalue weighted by Gasteiger charge is -1.98. The largest absolute Gasteiger partial charge is 0.499 e. The van der Waals surface area contributed by atoms with Crippen molar-refractivity contribution in [3.8, 4) is 0 Å². The van der Waals surface area contributed by atoms with E-state index < -0.39 is 0 Å². The van der Waals surface area contributed by atoms with Crippen LogP contribution in [-0.2, 0) is 9.47 Å². The second-order valence-electron chi connectivity index (χ2n) is 2.06. The van der Waals surface area contributed by atoms with E-state index in [9.17, 15) is 0 Å². The Labute approximate surface area is 56.5 Å². The minimum absolute atomic E-state index is 0.641. The molecular weight excluding hydrogens is 116 g/mol. The van der Waals surface area contributed by atoms with Gasteiger partial charge in [0.2, 0.25) is 0 Å². The summed E-state index contributed by atoms with van der Waals surface area (Å²) in [5.41, 5.74) is 1.17. The van der Waals surface area contributed by atoms with Crippen LogP contribution in [0.15, 0.2) is 11.8 Å². The van der Waals surface area contributed by atoms with E-state index >= 15 is 0 Å². The van der Waals surface area contributed by atoms with Crippen molar-refractivity contribution in [2.75, 3.05) is 20.3 Å². The Bertz CT molecular complexity index is 82.9. The summed E-state index contributed by atoms with van der Waals surface area (Å²) in [5, 5.41) is 0. The summed E-state index contributed by atoms with van der Waals surface area (Å²) in [6, 6.07) is 0. The van der Waals surface area contributed by atoms with Crippen LogP contribution in [0.2, 0.25) is 0 Å². The number of hydrogen-bond acceptors (Lipinski definition) is 2. The first kappa shape index (κ1) is 8.50. The Morgan fingerprint density at radius 2 is 2.00 bits per heavy atom. The summed E-state index contributed by atoms with van der Waals surface area (Å²) in [5.74, 6) is 0. The molecule has 9 heavy (non-hydrogen) atoms. The van der Waals surface area contributed by atoms with Gasteiger partial charge < -0.3 is 9.47 Å². The predicted octanol–water partition coefficient (Wildman–Crippen LogP) is 1.57. The Balaban J connectivity index is 3.00. The van der Waals surface area contributed by atoms with Crippen LogP contribution in [0.1, 0.15) is 13.8 Å². The van der Waals surface area contributed by atoms with Crippen LogP contribution >= 0.6 is 0 Å². The van der Waals surface area contributed by atoms with Crippen LogP contribution in [0, 0.1) is 0 Å². The van der Waals surface area contributed by atoms with E-state index in [2.05, 4.69) is 0 Å². The number of allylic oxidation sites excluding steroid dienone is 1. The third kappa shape index (κ3) is 7.50. The Morgan fingerprint density at radius 1 is 1.33 bits per heavy atom. The molecule has 0 atom stereocenters. The SMILES string of the molecule is COCCOC=C(C)C. The van der Waals surface area contributed by atoms with E-state index in [1.54, 1.807) is 13.4 Å². The molecular formula is C7H14O2. The Morgan fingerprint density at radius 3 is 2.44 bits per heavy atom. The molecule has 0 spiro atoms. The van der Waals surface area contributed by atoms with E-state index in [0.29, 0.717) is 13.2 Å². The second kappa shape index (κ2) is 5.63. The van der Waals surface area contributed by atoms with Crippen molar-refractivity contribution >= 4 is 0 Å². The fourth-order valence-electron chi connectivity index (χ4n) is 0.357. The molecule has 0 aromatic heterocycles. The van der Waals surface area contributed by atoms with Crippen molar-refractivity contribution in [2.45, 2.75) is 13.8 Å². The summed E-state index contributed by atoms with van der Waals surface area (Å²) in [4.78, 5) is 0. The van der Waals surface area contributed by atoms with Gasteiger partial charge in [-0.25, -0.2) is 0 Å². The lowest BCUT2D eigenvalue weighted by molar-refractivity contribution is 0.123. The zero-order valence-corrected chi connectivity index (χ0v) is 6.31. The van der Waals surface area contributed by atoms with Crippen molar-refractivity contribution < 1.29 is 9.47 Å². The molecule has 0 amide bonds. The zero-order valence-electron chi connectivity index (χ0n) is 6.31. The number of ether oxygens (including phenoxy) is 2. The Kier molecular flexibility index (Phi) is 5.32. The molecule has 0 unspecified atom stereocenters. The third-order valence-electron chi connectivity index (χ3n) is 0.724. The zero-order chi connectivity index (χ0) is 7.11. The highest BCUT2D eigenvalue weighted by atomic mass is 16.5. The van der Waals surface area contributed by atoms with E-state index in [-0.39, 0.29) is 0 Å². The van der Waals surface area contributed by atoms with Crippen LogP contribution < -0.4 is 0 Å². The number of methoxy groups -OCH3 is 1. The molecule has 2 heteroatoms. The number of hydrogen-bond donors (Lipinski definition) is 0. The van der Waals surface area contributed by atoms with Crippen LogP contribution in [0.4, 0.5) is 0 Å². The van der Waals surface area contributed by atoms with Crippen molar-refractivity contribution in [2.24, 2.45) is 0 Å². The molecule has 0 rings (SSSR count). The molecule has 0 saturated heterocycles. The topological polar surface area (TPSA) is 18.5 Å². The van der Waals surface area contributed by atoms with Crippen molar-refractivity contribution in [3.05, 3.63) is 11.8 Å². The average Bonchev–Trinajstić information content (AvgIpc) is 1.80. The van der Waals surface area contributed by atoms with Crippen LogP contribution in [0.3, 0.4) is 0 Å². The maximum absolute atomic E-state index is 5.05. The third-order valence-corrected chi connectivity index (χ3v) is 0.724. The first-order chi connectivity index (χ1) is 4.27. The molecule has 0 saturated carbocycles. The standard InChI is InChI=1S/C7H14O2/c1-7(2)6-9-5-4-8-3/h6H,4-5H2,1-3H3. The van der Waals surface area contributed by atoms with Crippen molar-refractivity contribution in [1.82, 2.24) is 0 Å². The first-order valence-electron chi connectivity index (χ1n) is 3.01. The fourth-order valence-corrected chi connectivity index (χ4v) is 0.357. The van der Waals surface area contributed by atoms with Gasteiger partial charge in [-0.3, -0.25) is 0 Å². The van der Waals surface area contributed by atoms with Crippen LogP contribution in [0.5, 0.6) is 0 Å². The molecule has 0 aliphatic carbocycles. The average molecular weight is 130 g/mol. The number of rotatable bonds is 4. The maximum atomic E-state index is 5.05. The fraction of sp³-hybridized carbons (Fsp3) is 0.714. The second-order valence-corrected chi connectivity index (χ2v) is 2.06. The summed E-state index contributed by atoms with van der Waals surface area (Å²) in [6.45, 7) is 5.28. The van der Waals surface area contributed by atoms with Crippen LogP contribution in [-0.4, -0.2) is 20.3 Å². The normalized spacial score (nSPS) is 8.78. The monoisotopic (exact) mass is 130 g/mol. The minimum Gasteiger partial charge on any atom is -0.499 e. The van der Waals surface area contributed by atoms with Gasteiger partial charge in [-0.05, 0) is 19.4 Å². The molecule has 0 aromatic rings. The molecule has 0 fully saturated rings. The molecule has 2 nitrogen and oxygen atoms in total. The van der Waals surface area contributed by atoms with Gasteiger partial charge in [-0.2, -0.15) is 0 Å². The Hall–Kier alpha value is -0.500. The van der Waals surface area contributed by atoms with Gasteiger partial charge >= 0.3 is 0 Å². The summed E-state index contributed by atoms with van der Waals surface area (Å²) in [7, 11) is 1.66. The first-order valence-corrected chi connectivity index (χ1v) is 3.01. The van der Waals surface area contributed by atoms with Gasteiger partial charge in [0.1, 0.15) is 6.61 Å². The lowest BCUT2D eigenvalue weighted by Crippen LogP contribution is -1.96. The summed E-state index contributed by atoms with van der Waals surface area (Å²) >= 11 is 0. The molecule has 0 aliphatic heterocycles. The van der Waals surface area contributed by atoms with Crippen LogP contribution in [0.25, 0.3) is 0 Å². The molecule has 0 heterocycles. The molecule has 0 bridgehead atoms. The van der Waals surface area contributed by atoms with Crippen molar-refractivity contribution in [1.29, 1.82) is 0 Å². The highest BCUT2D eigenvalue weighted by molar-refractivity contribution is 4.86. The van der Waals surface area contributed by atoms with E-state index in [1.807, 2.05) is 13.8 Å². The van der Waals surface area contributed by atoms with Gasteiger partial charge in [0.25, 0.3) is 0 Å². The van der Waals surface area contributed by atoms with Gasteiger partial charge in [-0.15, -0.1) is 0 Å². The molecule has 0 aromatic carbocycles. The van der Waals surface area contributed by atoms with E-state index in [0.717, 1.165) is 0 Å². The summed E-state index contributed by atoms with van der Waals surface area (Å²) in [6.07, 6.45) is 1.74. The van der Waals surface area contributed by atoms with Gasteiger partial charge in [0, 0.05) is 7.11 Å². The molecule has 0 radical (unpaired) electrons. The summed E-state index contributed by atoms with van der Waals surface area (Å²) < 4.78 is 9.82. The molecule has 0 aliphatic rings. The molecule has 0 N–H and O–H groups in total. The minimum atomic E-state index is 0.641. The predicted molar refractivity (Wildman–Crippen MR) is 37.3 cm³/mol. The van der Waals surface area contributed by atoms with E-state index in [4.69, 9.17) is 9.47 Å². The van der Waals surface area contributed by atoms with Crippen molar-refractivity contribution in [3.63, 3.8) is 0 Å². The van der Waals surface area contributed by atoms with Gasteiger partial charge in [0.15, 0.2) is 0 Å². The quantitative estimate of drug-likeness (QED) is 0.425. The molecule has 54 valence electrons. The van der Waals surface area contributed by atoms with E-state index in [1.165, 1.54) is 5.57 Å². The lowest BCUT2D eigenvalue weighted by atomic mass is 10.4. The maximum Gasteiger partial charge on any atom is 0.111 e. The van der Waals surface area contributed by atoms with Gasteiger partial charge in [0.05, 0.1) is 12.9 Å². The smallest absolute Gasteiger partial charge is 0.111 e. The highest BCUT2D eigenvalue weighted by Gasteiger charge is 1.80.